The van der Waals surface area contributed by atoms with Crippen molar-refractivity contribution in [2.75, 3.05) is 13.1 Å². The van der Waals surface area contributed by atoms with Crippen molar-refractivity contribution < 1.29 is 18.0 Å². The van der Waals surface area contributed by atoms with Crippen LogP contribution in [0.5, 0.6) is 0 Å². The third-order valence-electron chi connectivity index (χ3n) is 7.55. The van der Waals surface area contributed by atoms with Crippen LogP contribution in [0.2, 0.25) is 5.02 Å². The molecule has 1 atom stereocenters. The van der Waals surface area contributed by atoms with Gasteiger partial charge in [-0.15, -0.1) is 0 Å². The monoisotopic (exact) mass is 523 g/mol. The van der Waals surface area contributed by atoms with Crippen LogP contribution in [0.1, 0.15) is 24.8 Å². The van der Waals surface area contributed by atoms with E-state index in [1.807, 2.05) is 53.1 Å². The molecule has 4 aromatic rings. The summed E-state index contributed by atoms with van der Waals surface area (Å²) in [6.45, 7) is 1.69. The Morgan fingerprint density at radius 2 is 1.78 bits per heavy atom. The zero-order chi connectivity index (χ0) is 25.8. The molecule has 0 spiro atoms. The van der Waals surface area contributed by atoms with Crippen molar-refractivity contribution >= 4 is 28.4 Å². The fourth-order valence-electron chi connectivity index (χ4n) is 5.41. The summed E-state index contributed by atoms with van der Waals surface area (Å²) in [5.74, 6) is 0.905. The molecule has 37 heavy (non-hydrogen) atoms. The smallest absolute Gasteiger partial charge is 0.323 e. The maximum Gasteiger partial charge on any atom is 0.416 e. The molecule has 1 saturated carbocycles. The number of hydrogen-bond acceptors (Lipinski definition) is 3. The Hall–Kier alpha value is -3.16. The first kappa shape index (κ1) is 24.2. The first-order valence-corrected chi connectivity index (χ1v) is 12.8. The highest BCUT2D eigenvalue weighted by Gasteiger charge is 2.48. The number of halogens is 4. The third kappa shape index (κ3) is 4.55. The molecule has 1 saturated heterocycles. The molecular formula is C29H25ClF3N3O. The number of ketones is 1. The molecule has 1 aliphatic heterocycles. The van der Waals surface area contributed by atoms with Gasteiger partial charge >= 0.3 is 6.18 Å². The fourth-order valence-corrected chi connectivity index (χ4v) is 5.60. The normalized spacial score (nSPS) is 20.0. The van der Waals surface area contributed by atoms with Gasteiger partial charge in [-0.25, -0.2) is 4.98 Å². The third-order valence-corrected chi connectivity index (χ3v) is 7.79. The summed E-state index contributed by atoms with van der Waals surface area (Å²) in [6.07, 6.45) is -1.93. The SMILES string of the molecule is O=C(C1CC1)[C@@]1(Cn2c(-c3ccc(-c4cccc(Cl)c4)cc3)nc3cc(C(F)(F)F)ccc32)CCNC1. The van der Waals surface area contributed by atoms with Crippen molar-refractivity contribution in [2.24, 2.45) is 11.3 Å². The van der Waals surface area contributed by atoms with E-state index in [1.165, 1.54) is 6.07 Å². The summed E-state index contributed by atoms with van der Waals surface area (Å²) in [6, 6.07) is 19.0. The van der Waals surface area contributed by atoms with E-state index in [4.69, 9.17) is 11.6 Å². The molecule has 2 heterocycles. The predicted molar refractivity (Wildman–Crippen MR) is 138 cm³/mol. The molecule has 1 N–H and O–H groups in total. The number of nitrogens with zero attached hydrogens (tertiary/aromatic N) is 2. The Bertz CT molecular complexity index is 1480. The second-order valence-electron chi connectivity index (χ2n) is 10.2. The van der Waals surface area contributed by atoms with Gasteiger partial charge in [-0.3, -0.25) is 4.79 Å². The Kier molecular flexibility index (Phi) is 5.88. The highest BCUT2D eigenvalue weighted by atomic mass is 35.5. The van der Waals surface area contributed by atoms with Gasteiger partial charge in [0.15, 0.2) is 0 Å². The van der Waals surface area contributed by atoms with Gasteiger partial charge in [0.2, 0.25) is 0 Å². The van der Waals surface area contributed by atoms with Gasteiger partial charge in [0.1, 0.15) is 11.6 Å². The molecule has 190 valence electrons. The fraction of sp³-hybridized carbons (Fsp3) is 0.310. The number of aromatic nitrogens is 2. The van der Waals surface area contributed by atoms with Crippen molar-refractivity contribution in [1.29, 1.82) is 0 Å². The predicted octanol–water partition coefficient (Wildman–Crippen LogP) is 7.00. The quantitative estimate of drug-likeness (QED) is 0.296. The first-order chi connectivity index (χ1) is 17.7. The van der Waals surface area contributed by atoms with E-state index in [0.29, 0.717) is 35.9 Å². The number of nitrogens with one attached hydrogen (secondary N) is 1. The van der Waals surface area contributed by atoms with Crippen LogP contribution in [-0.4, -0.2) is 28.4 Å². The van der Waals surface area contributed by atoms with Crippen molar-refractivity contribution in [1.82, 2.24) is 14.9 Å². The van der Waals surface area contributed by atoms with Gasteiger partial charge in [0.25, 0.3) is 0 Å². The number of Topliss-reactive ketones (excluding diaryl/α,β-unsaturated/α-hetero) is 1. The molecule has 0 unspecified atom stereocenters. The molecule has 2 aliphatic rings. The van der Waals surface area contributed by atoms with Crippen molar-refractivity contribution in [3.8, 4) is 22.5 Å². The van der Waals surface area contributed by atoms with Crippen molar-refractivity contribution in [3.63, 3.8) is 0 Å². The van der Waals surface area contributed by atoms with E-state index >= 15 is 0 Å². The number of carbonyl (C=O) groups is 1. The lowest BCUT2D eigenvalue weighted by molar-refractivity contribution is -0.137. The average molecular weight is 524 g/mol. The molecule has 1 aliphatic carbocycles. The number of alkyl halides is 3. The van der Waals surface area contributed by atoms with Crippen LogP contribution in [0.15, 0.2) is 66.7 Å². The van der Waals surface area contributed by atoms with Crippen LogP contribution in [0.25, 0.3) is 33.5 Å². The Morgan fingerprint density at radius 3 is 2.43 bits per heavy atom. The number of imidazole rings is 1. The van der Waals surface area contributed by atoms with Crippen LogP contribution in [0, 0.1) is 11.3 Å². The average Bonchev–Trinajstić information content (AvgIpc) is 3.52. The van der Waals surface area contributed by atoms with E-state index in [9.17, 15) is 18.0 Å². The number of fused-ring (bicyclic) bond motifs is 1. The summed E-state index contributed by atoms with van der Waals surface area (Å²) in [4.78, 5) is 18.1. The molecule has 4 nitrogen and oxygen atoms in total. The Balaban J connectivity index is 1.46. The summed E-state index contributed by atoms with van der Waals surface area (Å²) in [5.41, 5.74) is 2.24. The maximum absolute atomic E-state index is 13.5. The lowest BCUT2D eigenvalue weighted by Gasteiger charge is -2.28. The Morgan fingerprint density at radius 1 is 1.03 bits per heavy atom. The van der Waals surface area contributed by atoms with Gasteiger partial charge in [0, 0.05) is 29.6 Å². The number of hydrogen-bond donors (Lipinski definition) is 1. The van der Waals surface area contributed by atoms with Crippen LogP contribution >= 0.6 is 11.6 Å². The van der Waals surface area contributed by atoms with Crippen LogP contribution in [0.4, 0.5) is 13.2 Å². The minimum Gasteiger partial charge on any atom is -0.323 e. The van der Waals surface area contributed by atoms with Gasteiger partial charge in [-0.1, -0.05) is 48.0 Å². The highest BCUT2D eigenvalue weighted by Crippen LogP contribution is 2.43. The molecular weight excluding hydrogens is 499 g/mol. The molecule has 1 aromatic heterocycles. The zero-order valence-corrected chi connectivity index (χ0v) is 20.7. The van der Waals surface area contributed by atoms with Gasteiger partial charge < -0.3 is 9.88 Å². The van der Waals surface area contributed by atoms with Gasteiger partial charge in [0.05, 0.1) is 22.0 Å². The second kappa shape index (κ2) is 8.99. The molecule has 6 rings (SSSR count). The largest absolute Gasteiger partial charge is 0.416 e. The van der Waals surface area contributed by atoms with E-state index in [0.717, 1.165) is 48.2 Å². The summed E-state index contributed by atoms with van der Waals surface area (Å²) >= 11 is 6.15. The minimum atomic E-state index is -4.46. The highest BCUT2D eigenvalue weighted by molar-refractivity contribution is 6.30. The second-order valence-corrected chi connectivity index (χ2v) is 10.6. The van der Waals surface area contributed by atoms with Gasteiger partial charge in [-0.05, 0) is 67.3 Å². The molecule has 2 fully saturated rings. The summed E-state index contributed by atoms with van der Waals surface area (Å²) in [5, 5.41) is 3.98. The molecule has 8 heteroatoms. The van der Waals surface area contributed by atoms with E-state index in [-0.39, 0.29) is 17.2 Å². The molecule has 3 aromatic carbocycles. The van der Waals surface area contributed by atoms with Crippen molar-refractivity contribution in [2.45, 2.75) is 32.0 Å². The molecule has 0 radical (unpaired) electrons. The van der Waals surface area contributed by atoms with Crippen LogP contribution in [0.3, 0.4) is 0 Å². The zero-order valence-electron chi connectivity index (χ0n) is 20.0. The first-order valence-electron chi connectivity index (χ1n) is 12.4. The standard InChI is InChI=1S/C29H25ClF3N3O/c30-23-3-1-2-21(14-23)18-4-8-20(9-5-18)27-35-24-15-22(29(31,32)33)10-11-25(24)36(27)17-28(12-13-34-16-28)26(37)19-6-7-19/h1-5,8-11,14-15,19,34H,6-7,12-13,16-17H2/t28-/m0/s1. The van der Waals surface area contributed by atoms with E-state index < -0.39 is 17.2 Å². The summed E-state index contributed by atoms with van der Waals surface area (Å²) in [7, 11) is 0. The summed E-state index contributed by atoms with van der Waals surface area (Å²) < 4.78 is 42.4. The van der Waals surface area contributed by atoms with Gasteiger partial charge in [-0.2, -0.15) is 13.2 Å². The van der Waals surface area contributed by atoms with E-state index in [1.54, 1.807) is 0 Å². The Labute approximate surface area is 217 Å². The topological polar surface area (TPSA) is 46.9 Å². The van der Waals surface area contributed by atoms with Crippen LogP contribution in [-0.2, 0) is 17.5 Å². The minimum absolute atomic E-state index is 0.0898. The number of rotatable bonds is 6. The number of carbonyl (C=O) groups excluding carboxylic acids is 1. The lowest BCUT2D eigenvalue weighted by Crippen LogP contribution is -2.39. The maximum atomic E-state index is 13.5. The van der Waals surface area contributed by atoms with Crippen molar-refractivity contribution in [3.05, 3.63) is 77.3 Å². The van der Waals surface area contributed by atoms with Crippen LogP contribution < -0.4 is 5.32 Å². The van der Waals surface area contributed by atoms with E-state index in [2.05, 4.69) is 10.3 Å². The molecule has 0 bridgehead atoms. The lowest BCUT2D eigenvalue weighted by atomic mass is 9.80. The number of benzene rings is 3. The molecule has 0 amide bonds.